The van der Waals surface area contributed by atoms with Gasteiger partial charge in [0.15, 0.2) is 0 Å². The van der Waals surface area contributed by atoms with Crippen LogP contribution in [0.25, 0.3) is 0 Å². The van der Waals surface area contributed by atoms with Gasteiger partial charge in [0.05, 0.1) is 0 Å². The average Bonchev–Trinajstić information content (AvgIpc) is 3.55. The normalized spacial score (nSPS) is 11.7. The lowest BCUT2D eigenvalue weighted by atomic mass is 9.86. The number of aromatic amines is 1. The van der Waals surface area contributed by atoms with Gasteiger partial charge >= 0.3 is 0 Å². The molecule has 34 heavy (non-hydrogen) atoms. The molecule has 2 heterocycles. The molecule has 1 aliphatic rings. The van der Waals surface area contributed by atoms with Gasteiger partial charge in [0.1, 0.15) is 0 Å². The highest BCUT2D eigenvalue weighted by Gasteiger charge is 2.16. The van der Waals surface area contributed by atoms with E-state index < -0.39 is 0 Å². The summed E-state index contributed by atoms with van der Waals surface area (Å²) in [6.07, 6.45) is 9.51. The molecule has 0 saturated carbocycles. The van der Waals surface area contributed by atoms with Crippen molar-refractivity contribution in [3.8, 4) is 0 Å². The third-order valence-electron chi connectivity index (χ3n) is 4.43. The first kappa shape index (κ1) is 39.6. The summed E-state index contributed by atoms with van der Waals surface area (Å²) in [6.45, 7) is 31.9. The molecule has 0 saturated heterocycles. The number of thiophene rings is 1. The first-order valence-electron chi connectivity index (χ1n) is 12.7. The zero-order valence-electron chi connectivity index (χ0n) is 24.7. The summed E-state index contributed by atoms with van der Waals surface area (Å²) in [6, 6.07) is 4.19. The van der Waals surface area contributed by atoms with E-state index in [1.807, 2.05) is 47.6 Å². The number of nitrogens with zero attached hydrogens (tertiary/aromatic N) is 1. The highest BCUT2D eigenvalue weighted by Crippen LogP contribution is 2.30. The van der Waals surface area contributed by atoms with Crippen molar-refractivity contribution in [1.29, 1.82) is 0 Å². The van der Waals surface area contributed by atoms with Crippen molar-refractivity contribution in [2.24, 2.45) is 5.41 Å². The number of hydrogen-bond acceptors (Lipinski definition) is 2. The molecule has 1 aliphatic carbocycles. The fourth-order valence-corrected chi connectivity index (χ4v) is 3.25. The third kappa shape index (κ3) is 18.8. The van der Waals surface area contributed by atoms with Gasteiger partial charge in [0, 0.05) is 17.3 Å². The van der Waals surface area contributed by atoms with Gasteiger partial charge in [-0.15, -0.1) is 0 Å². The fraction of sp³-hybridized carbons (Fsp3) is 0.645. The van der Waals surface area contributed by atoms with Crippen molar-refractivity contribution in [1.82, 2.24) is 10.2 Å². The number of nitrogens with one attached hydrogen (secondary N) is 1. The van der Waals surface area contributed by atoms with Crippen molar-refractivity contribution in [3.05, 3.63) is 64.1 Å². The lowest BCUT2D eigenvalue weighted by Gasteiger charge is -2.19. The van der Waals surface area contributed by atoms with Crippen molar-refractivity contribution >= 4 is 11.3 Å². The first-order valence-corrected chi connectivity index (χ1v) is 13.6. The maximum absolute atomic E-state index is 3.86. The summed E-state index contributed by atoms with van der Waals surface area (Å²) in [7, 11) is 0. The Morgan fingerprint density at radius 3 is 1.47 bits per heavy atom. The van der Waals surface area contributed by atoms with E-state index in [4.69, 9.17) is 0 Å². The highest BCUT2D eigenvalue weighted by atomic mass is 32.1. The van der Waals surface area contributed by atoms with Crippen LogP contribution in [-0.2, 0) is 10.8 Å². The van der Waals surface area contributed by atoms with Crippen LogP contribution in [-0.4, -0.2) is 10.2 Å². The summed E-state index contributed by atoms with van der Waals surface area (Å²) in [5, 5.41) is 11.1. The van der Waals surface area contributed by atoms with Gasteiger partial charge in [-0.05, 0) is 45.7 Å². The average molecular weight is 493 g/mol. The molecular weight excluding hydrogens is 432 g/mol. The van der Waals surface area contributed by atoms with Gasteiger partial charge in [0.25, 0.3) is 0 Å². The predicted octanol–water partition coefficient (Wildman–Crippen LogP) is 11.4. The lowest BCUT2D eigenvalue weighted by Crippen LogP contribution is -2.11. The maximum Gasteiger partial charge on any atom is 0.0490 e. The minimum absolute atomic E-state index is 0. The first-order chi connectivity index (χ1) is 15.3. The Labute approximate surface area is 219 Å². The third-order valence-corrected chi connectivity index (χ3v) is 5.11. The van der Waals surface area contributed by atoms with E-state index in [-0.39, 0.29) is 12.8 Å². The van der Waals surface area contributed by atoms with Crippen LogP contribution in [0.15, 0.2) is 52.9 Å². The molecule has 0 amide bonds. The van der Waals surface area contributed by atoms with Crippen LogP contribution in [0.4, 0.5) is 0 Å². The van der Waals surface area contributed by atoms with Gasteiger partial charge < -0.3 is 0 Å². The molecule has 1 N–H and O–H groups in total. The molecule has 3 rings (SSSR count). The summed E-state index contributed by atoms with van der Waals surface area (Å²) in [5.41, 5.74) is 5.08. The molecule has 2 aromatic heterocycles. The van der Waals surface area contributed by atoms with Gasteiger partial charge in [0.2, 0.25) is 0 Å². The Kier molecular flexibility index (Phi) is 24.2. The SMILES string of the molecule is C.CC.CC.CC.CC(C)(C)C1=CC=CC1.CC(C)(C)c1ccn[nH]1.CC(C)(C)c1ccsc1. The summed E-state index contributed by atoms with van der Waals surface area (Å²) < 4.78 is 0. The highest BCUT2D eigenvalue weighted by molar-refractivity contribution is 7.08. The number of aromatic nitrogens is 2. The van der Waals surface area contributed by atoms with Crippen LogP contribution in [0.1, 0.15) is 129 Å². The number of rotatable bonds is 0. The molecule has 200 valence electrons. The smallest absolute Gasteiger partial charge is 0.0490 e. The number of H-pyrrole nitrogens is 1. The second-order valence-electron chi connectivity index (χ2n) is 10.1. The molecule has 3 heteroatoms. The van der Waals surface area contributed by atoms with Gasteiger partial charge in [-0.25, -0.2) is 0 Å². The monoisotopic (exact) mass is 492 g/mol. The molecule has 2 aromatic rings. The predicted molar refractivity (Wildman–Crippen MR) is 162 cm³/mol. The van der Waals surface area contributed by atoms with Gasteiger partial charge in [-0.1, -0.05) is 135 Å². The molecule has 0 bridgehead atoms. The molecule has 0 radical (unpaired) electrons. The Balaban J connectivity index is -0.000000176. The molecule has 0 unspecified atom stereocenters. The van der Waals surface area contributed by atoms with E-state index in [0.29, 0.717) is 10.8 Å². The van der Waals surface area contributed by atoms with E-state index in [9.17, 15) is 0 Å². The van der Waals surface area contributed by atoms with Gasteiger partial charge in [-0.2, -0.15) is 16.4 Å². The summed E-state index contributed by atoms with van der Waals surface area (Å²) in [4.78, 5) is 0. The summed E-state index contributed by atoms with van der Waals surface area (Å²) in [5.74, 6) is 0. The molecule has 0 aliphatic heterocycles. The zero-order valence-corrected chi connectivity index (χ0v) is 25.5. The molecule has 0 fully saturated rings. The van der Waals surface area contributed by atoms with E-state index >= 15 is 0 Å². The largest absolute Gasteiger partial charge is 0.282 e. The molecule has 0 atom stereocenters. The van der Waals surface area contributed by atoms with E-state index in [1.165, 1.54) is 11.3 Å². The van der Waals surface area contributed by atoms with Crippen LogP contribution in [0.2, 0.25) is 0 Å². The topological polar surface area (TPSA) is 28.7 Å². The zero-order chi connectivity index (χ0) is 26.7. The quantitative estimate of drug-likeness (QED) is 0.389. The van der Waals surface area contributed by atoms with Crippen LogP contribution < -0.4 is 0 Å². The molecule has 0 aromatic carbocycles. The Hall–Kier alpha value is -1.61. The van der Waals surface area contributed by atoms with E-state index in [2.05, 4.69) is 108 Å². The maximum atomic E-state index is 3.86. The van der Waals surface area contributed by atoms with E-state index in [1.54, 1.807) is 23.1 Å². The van der Waals surface area contributed by atoms with Crippen molar-refractivity contribution in [2.75, 3.05) is 0 Å². The van der Waals surface area contributed by atoms with Crippen molar-refractivity contribution in [2.45, 2.75) is 129 Å². The molecular formula is C31H60N2S. The van der Waals surface area contributed by atoms with Crippen LogP contribution in [0, 0.1) is 5.41 Å². The molecule has 2 nitrogen and oxygen atoms in total. The minimum atomic E-state index is 0. The lowest BCUT2D eigenvalue weighted by molar-refractivity contribution is 0.496. The van der Waals surface area contributed by atoms with Crippen LogP contribution in [0.3, 0.4) is 0 Å². The Morgan fingerprint density at radius 2 is 1.29 bits per heavy atom. The van der Waals surface area contributed by atoms with Crippen molar-refractivity contribution in [3.63, 3.8) is 0 Å². The number of allylic oxidation sites excluding steroid dienone is 4. The fourth-order valence-electron chi connectivity index (χ4n) is 2.37. The molecule has 0 spiro atoms. The second kappa shape index (κ2) is 20.7. The van der Waals surface area contributed by atoms with Crippen LogP contribution >= 0.6 is 11.3 Å². The Bertz CT molecular complexity index is 655. The second-order valence-corrected chi connectivity index (χ2v) is 10.8. The number of hydrogen-bond donors (Lipinski definition) is 1. The standard InChI is InChI=1S/C9H14.C8H12S.C7H12N2.3C2H6.CH4/c1-9(2,3)8-6-4-5-7-8;1-8(2,3)7-4-5-9-6-7;1-7(2,3)6-4-5-8-9-6;3*1-2;/h4-6H,7H2,1-3H3;4-6H,1-3H3;4-5H,1-3H3,(H,8,9);3*1-2H3;1H4. The van der Waals surface area contributed by atoms with Crippen LogP contribution in [0.5, 0.6) is 0 Å². The van der Waals surface area contributed by atoms with Gasteiger partial charge in [-0.3, -0.25) is 5.10 Å². The van der Waals surface area contributed by atoms with Crippen molar-refractivity contribution < 1.29 is 0 Å². The minimum Gasteiger partial charge on any atom is -0.282 e. The van der Waals surface area contributed by atoms with E-state index in [0.717, 1.165) is 6.42 Å². The summed E-state index contributed by atoms with van der Waals surface area (Å²) >= 11 is 1.77. The Morgan fingerprint density at radius 1 is 0.765 bits per heavy atom.